The third kappa shape index (κ3) is 5.45. The number of halogens is 1. The molecule has 0 bridgehead atoms. The largest absolute Gasteiger partial charge is 0.379 e. The molecular formula is C18H36IN5O2. The van der Waals surface area contributed by atoms with Gasteiger partial charge in [-0.3, -0.25) is 9.69 Å². The molecule has 26 heavy (non-hydrogen) atoms. The third-order valence-electron chi connectivity index (χ3n) is 5.82. The van der Waals surface area contributed by atoms with Crippen molar-refractivity contribution < 1.29 is 9.53 Å². The highest BCUT2D eigenvalue weighted by atomic mass is 127. The molecule has 0 aliphatic carbocycles. The second-order valence-electron chi connectivity index (χ2n) is 8.34. The molecule has 2 fully saturated rings. The number of likely N-dealkylation sites (N-methyl/N-ethyl adjacent to an activating group) is 1. The van der Waals surface area contributed by atoms with Crippen molar-refractivity contribution >= 4 is 35.8 Å². The molecule has 2 saturated heterocycles. The van der Waals surface area contributed by atoms with E-state index in [4.69, 9.17) is 4.74 Å². The van der Waals surface area contributed by atoms with E-state index in [0.717, 1.165) is 51.9 Å². The smallest absolute Gasteiger partial charge is 0.243 e. The first kappa shape index (κ1) is 23.4. The minimum atomic E-state index is 0. The molecule has 2 rings (SSSR count). The lowest BCUT2D eigenvalue weighted by molar-refractivity contribution is -0.127. The molecule has 2 heterocycles. The Bertz CT molecular complexity index is 502. The zero-order chi connectivity index (χ0) is 18.7. The van der Waals surface area contributed by atoms with Gasteiger partial charge in [0, 0.05) is 57.8 Å². The van der Waals surface area contributed by atoms with Gasteiger partial charge in [-0.15, -0.1) is 24.0 Å². The molecule has 2 aliphatic rings. The number of nitrogens with zero attached hydrogens (tertiary/aromatic N) is 4. The van der Waals surface area contributed by atoms with Gasteiger partial charge >= 0.3 is 0 Å². The van der Waals surface area contributed by atoms with Crippen LogP contribution in [0.5, 0.6) is 0 Å². The normalized spacial score (nSPS) is 22.2. The minimum absolute atomic E-state index is 0. The molecule has 2 aliphatic heterocycles. The van der Waals surface area contributed by atoms with Crippen LogP contribution in [0.1, 0.15) is 27.7 Å². The molecule has 1 amide bonds. The number of nitrogens with one attached hydrogen (secondary N) is 1. The molecule has 0 radical (unpaired) electrons. The Hall–Kier alpha value is -0.610. The monoisotopic (exact) mass is 481 g/mol. The molecule has 0 aromatic heterocycles. The van der Waals surface area contributed by atoms with E-state index in [0.29, 0.717) is 0 Å². The first-order chi connectivity index (χ1) is 11.6. The highest BCUT2D eigenvalue weighted by molar-refractivity contribution is 14.0. The standard InChI is InChI=1S/C18H35N5O2.HI/c1-17(2)14-23(18(17,3)4)16(20-13-15(24)21(5)6)19-7-8-22-9-11-25-12-10-22;/h7-14H2,1-6H3,(H,19,20);1H. The lowest BCUT2D eigenvalue weighted by Crippen LogP contribution is -2.72. The molecule has 1 N–H and O–H groups in total. The molecule has 8 heteroatoms. The number of carbonyl (C=O) groups excluding carboxylic acids is 1. The molecule has 0 atom stereocenters. The van der Waals surface area contributed by atoms with Crippen LogP contribution in [0.15, 0.2) is 4.99 Å². The van der Waals surface area contributed by atoms with Gasteiger partial charge in [-0.05, 0) is 13.8 Å². The summed E-state index contributed by atoms with van der Waals surface area (Å²) in [5.74, 6) is 0.859. The number of aliphatic imine (C=N–C) groups is 1. The Morgan fingerprint density at radius 2 is 1.81 bits per heavy atom. The summed E-state index contributed by atoms with van der Waals surface area (Å²) < 4.78 is 5.39. The maximum absolute atomic E-state index is 11.9. The SMILES string of the molecule is CN(C)C(=O)CN=C(NCCN1CCOCC1)N1CC(C)(C)C1(C)C.I. The van der Waals surface area contributed by atoms with Crippen molar-refractivity contribution in [1.29, 1.82) is 0 Å². The van der Waals surface area contributed by atoms with Gasteiger partial charge in [0.25, 0.3) is 0 Å². The van der Waals surface area contributed by atoms with Crippen molar-refractivity contribution in [2.45, 2.75) is 33.2 Å². The Kier molecular flexibility index (Phi) is 8.60. The fourth-order valence-corrected chi connectivity index (χ4v) is 3.07. The van der Waals surface area contributed by atoms with E-state index in [9.17, 15) is 4.79 Å². The molecule has 0 spiro atoms. The summed E-state index contributed by atoms with van der Waals surface area (Å²) in [7, 11) is 3.53. The van der Waals surface area contributed by atoms with E-state index >= 15 is 0 Å². The van der Waals surface area contributed by atoms with Crippen LogP contribution in [-0.4, -0.2) is 98.7 Å². The lowest BCUT2D eigenvalue weighted by atomic mass is 9.65. The van der Waals surface area contributed by atoms with Crippen molar-refractivity contribution in [2.75, 3.05) is 66.6 Å². The average molecular weight is 481 g/mol. The maximum atomic E-state index is 11.9. The summed E-state index contributed by atoms with van der Waals surface area (Å²) in [6.07, 6.45) is 0. The van der Waals surface area contributed by atoms with Crippen LogP contribution < -0.4 is 5.32 Å². The number of amides is 1. The van der Waals surface area contributed by atoms with Crippen molar-refractivity contribution in [1.82, 2.24) is 20.0 Å². The number of hydrogen-bond donors (Lipinski definition) is 1. The summed E-state index contributed by atoms with van der Waals surface area (Å²) >= 11 is 0. The van der Waals surface area contributed by atoms with Crippen LogP contribution in [0.25, 0.3) is 0 Å². The summed E-state index contributed by atoms with van der Waals surface area (Å²) in [6, 6.07) is 0. The molecule has 152 valence electrons. The highest BCUT2D eigenvalue weighted by Crippen LogP contribution is 2.46. The van der Waals surface area contributed by atoms with Gasteiger partial charge in [-0.2, -0.15) is 0 Å². The maximum Gasteiger partial charge on any atom is 0.243 e. The number of guanidine groups is 1. The van der Waals surface area contributed by atoms with E-state index in [2.05, 4.69) is 47.8 Å². The van der Waals surface area contributed by atoms with Crippen LogP contribution in [0.2, 0.25) is 0 Å². The van der Waals surface area contributed by atoms with E-state index in [1.165, 1.54) is 0 Å². The summed E-state index contributed by atoms with van der Waals surface area (Å²) in [5.41, 5.74) is 0.240. The summed E-state index contributed by atoms with van der Waals surface area (Å²) in [5, 5.41) is 3.48. The third-order valence-corrected chi connectivity index (χ3v) is 5.82. The Labute approximate surface area is 175 Å². The van der Waals surface area contributed by atoms with Crippen LogP contribution in [0.4, 0.5) is 0 Å². The average Bonchev–Trinajstić information content (AvgIpc) is 2.56. The minimum Gasteiger partial charge on any atom is -0.379 e. The fourth-order valence-electron chi connectivity index (χ4n) is 3.07. The van der Waals surface area contributed by atoms with Gasteiger partial charge in [0.15, 0.2) is 5.96 Å². The quantitative estimate of drug-likeness (QED) is 0.362. The molecular weight excluding hydrogens is 445 g/mol. The van der Waals surface area contributed by atoms with Gasteiger partial charge in [-0.1, -0.05) is 13.8 Å². The predicted molar refractivity (Wildman–Crippen MR) is 116 cm³/mol. The van der Waals surface area contributed by atoms with E-state index < -0.39 is 0 Å². The predicted octanol–water partition coefficient (Wildman–Crippen LogP) is 1.09. The van der Waals surface area contributed by atoms with Crippen molar-refractivity contribution in [2.24, 2.45) is 10.4 Å². The zero-order valence-electron chi connectivity index (χ0n) is 17.2. The zero-order valence-corrected chi connectivity index (χ0v) is 19.5. The molecule has 0 unspecified atom stereocenters. The topological polar surface area (TPSA) is 60.4 Å². The number of rotatable bonds is 5. The lowest BCUT2D eigenvalue weighted by Gasteiger charge is -2.62. The van der Waals surface area contributed by atoms with E-state index in [-0.39, 0.29) is 47.4 Å². The van der Waals surface area contributed by atoms with E-state index in [1.54, 1.807) is 19.0 Å². The number of morpholine rings is 1. The molecule has 0 saturated carbocycles. The van der Waals surface area contributed by atoms with Gasteiger partial charge < -0.3 is 19.9 Å². The van der Waals surface area contributed by atoms with Gasteiger partial charge in [-0.25, -0.2) is 4.99 Å². The van der Waals surface area contributed by atoms with Crippen molar-refractivity contribution in [3.63, 3.8) is 0 Å². The fraction of sp³-hybridized carbons (Fsp3) is 0.889. The number of hydrogen-bond acceptors (Lipinski definition) is 4. The second kappa shape index (κ2) is 9.54. The van der Waals surface area contributed by atoms with Crippen LogP contribution in [0, 0.1) is 5.41 Å². The van der Waals surface area contributed by atoms with Gasteiger partial charge in [0.1, 0.15) is 6.54 Å². The number of ether oxygens (including phenoxy) is 1. The Morgan fingerprint density at radius 3 is 2.31 bits per heavy atom. The molecule has 0 aromatic carbocycles. The van der Waals surface area contributed by atoms with E-state index in [1.807, 2.05) is 0 Å². The second-order valence-corrected chi connectivity index (χ2v) is 8.34. The first-order valence-corrected chi connectivity index (χ1v) is 9.21. The Balaban J connectivity index is 0.00000338. The highest BCUT2D eigenvalue weighted by Gasteiger charge is 2.53. The van der Waals surface area contributed by atoms with Crippen LogP contribution in [-0.2, 0) is 9.53 Å². The van der Waals surface area contributed by atoms with Crippen LogP contribution in [0.3, 0.4) is 0 Å². The molecule has 0 aromatic rings. The van der Waals surface area contributed by atoms with Crippen molar-refractivity contribution in [3.8, 4) is 0 Å². The van der Waals surface area contributed by atoms with Crippen molar-refractivity contribution in [3.05, 3.63) is 0 Å². The number of carbonyl (C=O) groups is 1. The summed E-state index contributed by atoms with van der Waals surface area (Å²) in [4.78, 5) is 22.8. The van der Waals surface area contributed by atoms with Gasteiger partial charge in [0.05, 0.1) is 13.2 Å². The molecule has 7 nitrogen and oxygen atoms in total. The van der Waals surface area contributed by atoms with Gasteiger partial charge in [0.2, 0.25) is 5.91 Å². The van der Waals surface area contributed by atoms with Crippen LogP contribution >= 0.6 is 24.0 Å². The summed E-state index contributed by atoms with van der Waals surface area (Å²) in [6.45, 7) is 15.5. The Morgan fingerprint density at radius 1 is 1.19 bits per heavy atom. The first-order valence-electron chi connectivity index (χ1n) is 9.21. The number of likely N-dealkylation sites (tertiary alicyclic amines) is 1.